The fourth-order valence-corrected chi connectivity index (χ4v) is 3.56. The van der Waals surface area contributed by atoms with Crippen LogP contribution in [0.15, 0.2) is 30.4 Å². The second-order valence-corrected chi connectivity index (χ2v) is 5.90. The molecule has 1 aromatic carbocycles. The number of carbonyl (C=O) groups is 1. The third kappa shape index (κ3) is 2.14. The van der Waals surface area contributed by atoms with Gasteiger partial charge in [-0.1, -0.05) is 18.2 Å². The van der Waals surface area contributed by atoms with Crippen LogP contribution >= 0.6 is 0 Å². The van der Waals surface area contributed by atoms with Crippen molar-refractivity contribution in [2.45, 2.75) is 43.9 Å². The van der Waals surface area contributed by atoms with Crippen molar-refractivity contribution >= 4 is 16.9 Å². The predicted octanol–water partition coefficient (Wildman–Crippen LogP) is 2.95. The van der Waals surface area contributed by atoms with Gasteiger partial charge < -0.3 is 14.6 Å². The Morgan fingerprint density at radius 3 is 2.90 bits per heavy atom. The standard InChI is InChI=1S/C17H20N2O2/c1-19-11-6-7-12(19)9-13(8-11)21-17(20)15-10-18-16-5-3-2-4-14(15)16/h2-5,10-13,18H,6-9H2,1H3/t11-,12+,13?/i1D3,2D,3D. The summed E-state index contributed by atoms with van der Waals surface area (Å²) < 4.78 is 44.2. The number of benzene rings is 1. The second kappa shape index (κ2) is 4.88. The third-order valence-corrected chi connectivity index (χ3v) is 4.65. The van der Waals surface area contributed by atoms with Crippen molar-refractivity contribution in [2.24, 2.45) is 0 Å². The Morgan fingerprint density at radius 2 is 2.14 bits per heavy atom. The van der Waals surface area contributed by atoms with Crippen LogP contribution in [-0.2, 0) is 4.74 Å². The Hall–Kier alpha value is -1.81. The molecular formula is C17H20N2O2. The van der Waals surface area contributed by atoms with Gasteiger partial charge in [0, 0.05) is 46.1 Å². The Labute approximate surface area is 131 Å². The van der Waals surface area contributed by atoms with Crippen molar-refractivity contribution < 1.29 is 16.4 Å². The van der Waals surface area contributed by atoms with Gasteiger partial charge in [0.25, 0.3) is 0 Å². The van der Waals surface area contributed by atoms with Crippen molar-refractivity contribution in [3.05, 3.63) is 36.0 Å². The van der Waals surface area contributed by atoms with Crippen LogP contribution in [0.5, 0.6) is 0 Å². The Kier molecular flexibility index (Phi) is 2.00. The molecule has 0 saturated carbocycles. The topological polar surface area (TPSA) is 45.3 Å². The number of rotatable bonds is 2. The number of H-pyrrole nitrogens is 1. The average Bonchev–Trinajstić information content (AvgIpc) is 3.07. The molecule has 4 heteroatoms. The zero-order valence-corrected chi connectivity index (χ0v) is 11.6. The van der Waals surface area contributed by atoms with Crippen LogP contribution in [0.25, 0.3) is 10.9 Å². The monoisotopic (exact) mass is 289 g/mol. The van der Waals surface area contributed by atoms with Gasteiger partial charge in [-0.25, -0.2) is 4.79 Å². The summed E-state index contributed by atoms with van der Waals surface area (Å²) in [6, 6.07) is 3.00. The van der Waals surface area contributed by atoms with E-state index in [-0.39, 0.29) is 30.3 Å². The minimum absolute atomic E-state index is 0.0511. The molecule has 2 bridgehead atoms. The smallest absolute Gasteiger partial charge is 0.340 e. The van der Waals surface area contributed by atoms with Crippen LogP contribution < -0.4 is 0 Å². The minimum atomic E-state index is -2.10. The fourth-order valence-electron chi connectivity index (χ4n) is 3.56. The van der Waals surface area contributed by atoms with E-state index in [0.29, 0.717) is 29.3 Å². The number of carbonyl (C=O) groups excluding carboxylic acids is 1. The lowest BCUT2D eigenvalue weighted by Crippen LogP contribution is -2.43. The summed E-state index contributed by atoms with van der Waals surface area (Å²) in [5, 5.41) is 0.568. The van der Waals surface area contributed by atoms with Crippen molar-refractivity contribution in [2.75, 3.05) is 6.98 Å². The van der Waals surface area contributed by atoms with Crippen LogP contribution in [0.4, 0.5) is 0 Å². The maximum absolute atomic E-state index is 12.6. The number of esters is 1. The van der Waals surface area contributed by atoms with Crippen LogP contribution in [-0.4, -0.2) is 41.0 Å². The summed E-state index contributed by atoms with van der Waals surface area (Å²) in [6.07, 6.45) is 3.94. The number of nitrogens with zero attached hydrogens (tertiary/aromatic N) is 1. The molecule has 2 aromatic rings. The molecule has 21 heavy (non-hydrogen) atoms. The third-order valence-electron chi connectivity index (χ3n) is 4.65. The maximum atomic E-state index is 12.6. The van der Waals surface area contributed by atoms with Crippen molar-refractivity contribution in [1.29, 1.82) is 0 Å². The van der Waals surface area contributed by atoms with Crippen molar-refractivity contribution in [1.82, 2.24) is 9.88 Å². The number of piperidine rings is 1. The van der Waals surface area contributed by atoms with Gasteiger partial charge in [-0.3, -0.25) is 0 Å². The number of fused-ring (bicyclic) bond motifs is 3. The fraction of sp³-hybridized carbons (Fsp3) is 0.471. The summed E-state index contributed by atoms with van der Waals surface area (Å²) in [5.41, 5.74) is 0.967. The summed E-state index contributed by atoms with van der Waals surface area (Å²) in [6.45, 7) is -2.10. The summed E-state index contributed by atoms with van der Waals surface area (Å²) in [4.78, 5) is 17.2. The van der Waals surface area contributed by atoms with Crippen LogP contribution in [0.3, 0.4) is 0 Å². The number of aromatic nitrogens is 1. The molecule has 2 aliphatic heterocycles. The number of hydrogen-bond acceptors (Lipinski definition) is 3. The molecule has 0 spiro atoms. The molecule has 3 heterocycles. The van der Waals surface area contributed by atoms with Gasteiger partial charge in [0.1, 0.15) is 6.10 Å². The highest BCUT2D eigenvalue weighted by Gasteiger charge is 2.40. The van der Waals surface area contributed by atoms with E-state index >= 15 is 0 Å². The predicted molar refractivity (Wildman–Crippen MR) is 81.3 cm³/mol. The molecule has 0 amide bonds. The normalized spacial score (nSPS) is 33.0. The molecule has 1 unspecified atom stereocenters. The van der Waals surface area contributed by atoms with Gasteiger partial charge in [0.15, 0.2) is 0 Å². The van der Waals surface area contributed by atoms with Crippen LogP contribution in [0.2, 0.25) is 0 Å². The van der Waals surface area contributed by atoms with E-state index in [4.69, 9.17) is 11.6 Å². The van der Waals surface area contributed by atoms with Gasteiger partial charge in [0.05, 0.1) is 8.30 Å². The maximum Gasteiger partial charge on any atom is 0.340 e. The van der Waals surface area contributed by atoms with Crippen molar-refractivity contribution in [3.63, 3.8) is 0 Å². The SMILES string of the molecule is [2H]c1cc2[nH]cc(C(=O)OC3C[C@H]4CC[C@@H](C3)N4C([2H])([2H])[2H])c2cc1[2H]. The van der Waals surface area contributed by atoms with Gasteiger partial charge in [-0.05, 0) is 25.9 Å². The molecule has 2 fully saturated rings. The summed E-state index contributed by atoms with van der Waals surface area (Å²) in [7, 11) is 0. The van der Waals surface area contributed by atoms with Gasteiger partial charge >= 0.3 is 5.97 Å². The zero-order chi connectivity index (χ0) is 18.6. The first-order valence-electron chi connectivity index (χ1n) is 9.82. The van der Waals surface area contributed by atoms with E-state index in [1.807, 2.05) is 0 Å². The molecule has 0 aliphatic carbocycles. The Morgan fingerprint density at radius 1 is 1.38 bits per heavy atom. The number of ether oxygens (including phenoxy) is 1. The number of para-hydroxylation sites is 1. The lowest BCUT2D eigenvalue weighted by molar-refractivity contribution is -0.000258. The molecule has 110 valence electrons. The van der Waals surface area contributed by atoms with Gasteiger partial charge in [0.2, 0.25) is 0 Å². The van der Waals surface area contributed by atoms with Gasteiger partial charge in [-0.15, -0.1) is 0 Å². The van der Waals surface area contributed by atoms with E-state index in [1.54, 1.807) is 4.90 Å². The minimum Gasteiger partial charge on any atom is -0.459 e. The number of nitrogens with one attached hydrogen (secondary N) is 1. The highest BCUT2D eigenvalue weighted by atomic mass is 16.5. The molecule has 2 saturated heterocycles. The quantitative estimate of drug-likeness (QED) is 0.865. The largest absolute Gasteiger partial charge is 0.459 e. The lowest BCUT2D eigenvalue weighted by atomic mass is 10.0. The molecule has 4 nitrogen and oxygen atoms in total. The first-order chi connectivity index (χ1) is 12.2. The summed E-state index contributed by atoms with van der Waals surface area (Å²) in [5.74, 6) is -0.472. The zero-order valence-electron chi connectivity index (χ0n) is 16.6. The molecule has 1 N–H and O–H groups in total. The van der Waals surface area contributed by atoms with E-state index in [9.17, 15) is 4.79 Å². The molecule has 1 aromatic heterocycles. The highest BCUT2D eigenvalue weighted by Crippen LogP contribution is 2.35. The highest BCUT2D eigenvalue weighted by molar-refractivity contribution is 6.04. The molecule has 2 aliphatic rings. The van der Waals surface area contributed by atoms with E-state index in [2.05, 4.69) is 4.98 Å². The average molecular weight is 289 g/mol. The molecule has 3 atom stereocenters. The van der Waals surface area contributed by atoms with Crippen molar-refractivity contribution in [3.8, 4) is 0 Å². The van der Waals surface area contributed by atoms with Crippen LogP contribution in [0, 0.1) is 0 Å². The molecule has 0 radical (unpaired) electrons. The number of hydrogen-bond donors (Lipinski definition) is 1. The van der Waals surface area contributed by atoms with E-state index in [0.717, 1.165) is 12.8 Å². The lowest BCUT2D eigenvalue weighted by Gasteiger charge is -2.35. The Balaban J connectivity index is 1.51. The first-order valence-corrected chi connectivity index (χ1v) is 7.32. The molecule has 4 rings (SSSR count). The van der Waals surface area contributed by atoms with Crippen LogP contribution in [0.1, 0.15) is 42.9 Å². The molecular weight excluding hydrogens is 264 g/mol. The van der Waals surface area contributed by atoms with Gasteiger partial charge in [-0.2, -0.15) is 0 Å². The number of aromatic amines is 1. The first kappa shape index (κ1) is 8.59. The summed E-state index contributed by atoms with van der Waals surface area (Å²) >= 11 is 0. The van der Waals surface area contributed by atoms with E-state index in [1.165, 1.54) is 18.3 Å². The Bertz CT molecular complexity index is 849. The van der Waals surface area contributed by atoms with E-state index < -0.39 is 12.9 Å². The second-order valence-electron chi connectivity index (χ2n) is 5.90.